The van der Waals surface area contributed by atoms with Gasteiger partial charge in [0.1, 0.15) is 0 Å². The number of halogens is 1. The van der Waals surface area contributed by atoms with Gasteiger partial charge in [0.2, 0.25) is 4.05 Å². The van der Waals surface area contributed by atoms with Gasteiger partial charge in [0.05, 0.1) is 19.6 Å². The summed E-state index contributed by atoms with van der Waals surface area (Å²) < 4.78 is 1.41. The van der Waals surface area contributed by atoms with Crippen molar-refractivity contribution < 1.29 is 4.48 Å². The molecule has 1 atom stereocenters. The lowest BCUT2D eigenvalue weighted by molar-refractivity contribution is -0.932. The average molecular weight is 350 g/mol. The van der Waals surface area contributed by atoms with E-state index in [2.05, 4.69) is 63.1 Å². The average Bonchev–Trinajstić information content (AvgIpc) is 2.23. The monoisotopic (exact) mass is 350 g/mol. The van der Waals surface area contributed by atoms with Crippen LogP contribution in [0.3, 0.4) is 0 Å². The van der Waals surface area contributed by atoms with Gasteiger partial charge in [-0.2, -0.15) is 0 Å². The largest absolute Gasteiger partial charge is 0.302 e. The fourth-order valence-electron chi connectivity index (χ4n) is 2.64. The molecule has 0 bridgehead atoms. The first-order valence-corrected chi connectivity index (χ1v) is 8.08. The van der Waals surface area contributed by atoms with Gasteiger partial charge in [0, 0.05) is 34.4 Å². The van der Waals surface area contributed by atoms with E-state index in [-0.39, 0.29) is 0 Å². The topological polar surface area (TPSA) is 0 Å². The van der Waals surface area contributed by atoms with Gasteiger partial charge in [-0.3, -0.25) is 0 Å². The SMILES string of the molecule is C#CC(I)[N+](CCCC)(CC(C)C)CC(C)C. The number of nitrogens with zero attached hydrogens (tertiary/aromatic N) is 1. The van der Waals surface area contributed by atoms with Gasteiger partial charge in [-0.25, -0.2) is 0 Å². The van der Waals surface area contributed by atoms with Crippen LogP contribution in [0, 0.1) is 24.2 Å². The smallest absolute Gasteiger partial charge is 0.200 e. The fraction of sp³-hybridized carbons (Fsp3) is 0.867. The molecule has 0 rings (SSSR count). The molecule has 1 nitrogen and oxygen atoms in total. The highest BCUT2D eigenvalue weighted by atomic mass is 127. The van der Waals surface area contributed by atoms with Crippen molar-refractivity contribution in [2.24, 2.45) is 11.8 Å². The second kappa shape index (κ2) is 8.37. The molecule has 0 amide bonds. The number of hydrogen-bond donors (Lipinski definition) is 0. The minimum Gasteiger partial charge on any atom is -0.302 e. The number of terminal acetylenes is 1. The van der Waals surface area contributed by atoms with Gasteiger partial charge in [0.25, 0.3) is 0 Å². The zero-order chi connectivity index (χ0) is 13.5. The van der Waals surface area contributed by atoms with E-state index in [1.165, 1.54) is 32.5 Å². The summed E-state index contributed by atoms with van der Waals surface area (Å²) in [6.07, 6.45) is 8.24. The highest BCUT2D eigenvalue weighted by molar-refractivity contribution is 14.1. The van der Waals surface area contributed by atoms with Crippen LogP contribution in [0.2, 0.25) is 0 Å². The molecular weight excluding hydrogens is 321 g/mol. The van der Waals surface area contributed by atoms with E-state index in [4.69, 9.17) is 6.42 Å². The molecule has 2 heteroatoms. The highest BCUT2D eigenvalue weighted by Gasteiger charge is 2.34. The molecule has 0 aromatic rings. The molecule has 17 heavy (non-hydrogen) atoms. The van der Waals surface area contributed by atoms with Crippen molar-refractivity contribution in [3.63, 3.8) is 0 Å². The maximum atomic E-state index is 5.71. The van der Waals surface area contributed by atoms with Crippen molar-refractivity contribution in [1.82, 2.24) is 0 Å². The van der Waals surface area contributed by atoms with E-state index in [9.17, 15) is 0 Å². The molecule has 0 aromatic heterocycles. The van der Waals surface area contributed by atoms with Gasteiger partial charge in [-0.1, -0.05) is 41.0 Å². The third kappa shape index (κ3) is 6.10. The Labute approximate surface area is 122 Å². The minimum absolute atomic E-state index is 0.309. The summed E-state index contributed by atoms with van der Waals surface area (Å²) in [4.78, 5) is 0. The Morgan fingerprint density at radius 1 is 1.12 bits per heavy atom. The summed E-state index contributed by atoms with van der Waals surface area (Å²) in [5.74, 6) is 4.39. The Morgan fingerprint density at radius 3 is 1.88 bits per heavy atom. The molecule has 100 valence electrons. The minimum atomic E-state index is 0.309. The van der Waals surface area contributed by atoms with E-state index in [1.807, 2.05) is 0 Å². The van der Waals surface area contributed by atoms with Crippen molar-refractivity contribution in [2.45, 2.75) is 51.5 Å². The van der Waals surface area contributed by atoms with E-state index in [0.717, 1.165) is 4.48 Å². The molecule has 0 N–H and O–H groups in total. The normalized spacial score (nSPS) is 14.1. The Kier molecular flexibility index (Phi) is 8.49. The van der Waals surface area contributed by atoms with Crippen molar-refractivity contribution in [3.05, 3.63) is 0 Å². The molecule has 0 saturated carbocycles. The summed E-state index contributed by atoms with van der Waals surface area (Å²) >= 11 is 2.46. The Balaban J connectivity index is 4.98. The highest BCUT2D eigenvalue weighted by Crippen LogP contribution is 2.25. The first-order chi connectivity index (χ1) is 7.88. The van der Waals surface area contributed by atoms with Crippen LogP contribution in [0.15, 0.2) is 0 Å². The fourth-order valence-corrected chi connectivity index (χ4v) is 3.37. The lowest BCUT2D eigenvalue weighted by Crippen LogP contribution is -2.56. The molecule has 0 saturated heterocycles. The maximum Gasteiger partial charge on any atom is 0.200 e. The van der Waals surface area contributed by atoms with Crippen molar-refractivity contribution >= 4 is 22.6 Å². The van der Waals surface area contributed by atoms with E-state index >= 15 is 0 Å². The van der Waals surface area contributed by atoms with Crippen molar-refractivity contribution in [3.8, 4) is 12.3 Å². The first kappa shape index (κ1) is 17.2. The van der Waals surface area contributed by atoms with Gasteiger partial charge in [0.15, 0.2) is 0 Å². The van der Waals surface area contributed by atoms with E-state index < -0.39 is 0 Å². The Morgan fingerprint density at radius 2 is 1.59 bits per heavy atom. The summed E-state index contributed by atoms with van der Waals surface area (Å²) in [5.41, 5.74) is 0. The summed E-state index contributed by atoms with van der Waals surface area (Å²) in [6, 6.07) is 0. The van der Waals surface area contributed by atoms with Crippen LogP contribution < -0.4 is 0 Å². The summed E-state index contributed by atoms with van der Waals surface area (Å²) in [6.45, 7) is 15.1. The zero-order valence-corrected chi connectivity index (χ0v) is 14.3. The number of rotatable bonds is 8. The molecule has 0 aliphatic heterocycles. The number of unbranched alkanes of at least 4 members (excludes halogenated alkanes) is 1. The molecule has 0 aliphatic carbocycles. The number of quaternary nitrogens is 1. The van der Waals surface area contributed by atoms with Crippen LogP contribution in [-0.2, 0) is 0 Å². The van der Waals surface area contributed by atoms with Crippen LogP contribution in [0.4, 0.5) is 0 Å². The maximum absolute atomic E-state index is 5.71. The lowest BCUT2D eigenvalue weighted by atomic mass is 10.1. The lowest BCUT2D eigenvalue weighted by Gasteiger charge is -2.43. The Hall–Kier alpha value is 0.250. The first-order valence-electron chi connectivity index (χ1n) is 6.84. The van der Waals surface area contributed by atoms with Crippen molar-refractivity contribution in [2.75, 3.05) is 19.6 Å². The van der Waals surface area contributed by atoms with Crippen LogP contribution in [0.25, 0.3) is 0 Å². The van der Waals surface area contributed by atoms with Gasteiger partial charge >= 0.3 is 0 Å². The second-order valence-corrected chi connectivity index (χ2v) is 7.13. The van der Waals surface area contributed by atoms with Crippen LogP contribution in [0.5, 0.6) is 0 Å². The molecule has 0 spiro atoms. The molecule has 1 unspecified atom stereocenters. The molecule has 0 aromatic carbocycles. The second-order valence-electron chi connectivity index (χ2n) is 5.95. The zero-order valence-electron chi connectivity index (χ0n) is 12.2. The molecule has 0 fully saturated rings. The summed E-state index contributed by atoms with van der Waals surface area (Å²) in [7, 11) is 0. The molecule has 0 heterocycles. The summed E-state index contributed by atoms with van der Waals surface area (Å²) in [5, 5.41) is 0. The van der Waals surface area contributed by atoms with Gasteiger partial charge in [-0.15, -0.1) is 6.42 Å². The standard InChI is InChI=1S/C15H29IN/c1-7-9-10-17(11-13(3)4,12-14(5)6)15(16)8-2/h2,13-15H,7,9-12H2,1,3-6H3/q+1. The number of alkyl halides is 1. The molecule has 0 aliphatic rings. The molecule has 0 radical (unpaired) electrons. The third-order valence-corrected chi connectivity index (χ3v) is 4.57. The van der Waals surface area contributed by atoms with Crippen LogP contribution >= 0.6 is 22.6 Å². The predicted octanol–water partition coefficient (Wildman–Crippen LogP) is 4.31. The van der Waals surface area contributed by atoms with Crippen LogP contribution in [-0.4, -0.2) is 28.2 Å². The van der Waals surface area contributed by atoms with E-state index in [1.54, 1.807) is 0 Å². The Bertz CT molecular complexity index is 230. The van der Waals surface area contributed by atoms with Crippen molar-refractivity contribution in [1.29, 1.82) is 0 Å². The number of hydrogen-bond acceptors (Lipinski definition) is 0. The van der Waals surface area contributed by atoms with Gasteiger partial charge in [-0.05, 0) is 12.3 Å². The van der Waals surface area contributed by atoms with E-state index in [0.29, 0.717) is 15.9 Å². The predicted molar refractivity (Wildman–Crippen MR) is 86.1 cm³/mol. The van der Waals surface area contributed by atoms with Gasteiger partial charge < -0.3 is 4.48 Å². The van der Waals surface area contributed by atoms with Crippen LogP contribution in [0.1, 0.15) is 47.5 Å². The quantitative estimate of drug-likeness (QED) is 0.201. The molecular formula is C15H29IN+. The third-order valence-electron chi connectivity index (χ3n) is 3.03.